The summed E-state index contributed by atoms with van der Waals surface area (Å²) in [5.74, 6) is -2.25. The number of carbonyl (C=O) groups excluding carboxylic acids is 1. The predicted octanol–water partition coefficient (Wildman–Crippen LogP) is 1.81. The summed E-state index contributed by atoms with van der Waals surface area (Å²) in [7, 11) is 0. The number of hydrogen-bond donors (Lipinski definition) is 1. The average Bonchev–Trinajstić information content (AvgIpc) is 2.81. The third kappa shape index (κ3) is 2.51. The van der Waals surface area contributed by atoms with Crippen LogP contribution in [0.1, 0.15) is 23.7 Å². The molecule has 1 saturated heterocycles. The van der Waals surface area contributed by atoms with Gasteiger partial charge >= 0.3 is 0 Å². The van der Waals surface area contributed by atoms with Gasteiger partial charge in [-0.3, -0.25) is 4.79 Å². The molecule has 2 atom stereocenters. The van der Waals surface area contributed by atoms with Gasteiger partial charge in [0.2, 0.25) is 0 Å². The van der Waals surface area contributed by atoms with Crippen LogP contribution in [0.25, 0.3) is 0 Å². The molecule has 1 aliphatic heterocycles. The van der Waals surface area contributed by atoms with E-state index in [0.29, 0.717) is 13.1 Å². The summed E-state index contributed by atoms with van der Waals surface area (Å²) in [5, 5.41) is 9.46. The monoisotopic (exact) mass is 255 g/mol. The van der Waals surface area contributed by atoms with Crippen LogP contribution >= 0.6 is 0 Å². The highest BCUT2D eigenvalue weighted by Gasteiger charge is 2.29. The molecule has 2 rings (SSSR count). The molecule has 0 bridgehead atoms. The van der Waals surface area contributed by atoms with Gasteiger partial charge in [-0.1, -0.05) is 0 Å². The van der Waals surface area contributed by atoms with E-state index >= 15 is 0 Å². The summed E-state index contributed by atoms with van der Waals surface area (Å²) >= 11 is 0. The summed E-state index contributed by atoms with van der Waals surface area (Å²) in [4.78, 5) is 13.6. The van der Waals surface area contributed by atoms with Crippen LogP contribution in [-0.2, 0) is 0 Å². The molecule has 1 aromatic carbocycles. The first-order valence-corrected chi connectivity index (χ1v) is 5.91. The maximum atomic E-state index is 13.0. The Kier molecular flexibility index (Phi) is 3.61. The Morgan fingerprint density at radius 2 is 2.17 bits per heavy atom. The van der Waals surface area contributed by atoms with E-state index < -0.39 is 17.7 Å². The molecular formula is C13H15F2NO2. The lowest BCUT2D eigenvalue weighted by molar-refractivity contribution is 0.0762. The largest absolute Gasteiger partial charge is 0.393 e. The van der Waals surface area contributed by atoms with Gasteiger partial charge in [0.15, 0.2) is 11.6 Å². The number of nitrogens with zero attached hydrogens (tertiary/aromatic N) is 1. The first-order valence-electron chi connectivity index (χ1n) is 5.91. The van der Waals surface area contributed by atoms with Crippen molar-refractivity contribution in [2.24, 2.45) is 5.92 Å². The van der Waals surface area contributed by atoms with E-state index in [0.717, 1.165) is 18.6 Å². The molecule has 1 aliphatic rings. The number of aliphatic hydroxyl groups excluding tert-OH is 1. The summed E-state index contributed by atoms with van der Waals surface area (Å²) in [6, 6.07) is 3.13. The second kappa shape index (κ2) is 5.02. The highest BCUT2D eigenvalue weighted by molar-refractivity contribution is 5.94. The Morgan fingerprint density at radius 1 is 1.44 bits per heavy atom. The number of likely N-dealkylation sites (tertiary alicyclic amines) is 1. The van der Waals surface area contributed by atoms with Crippen molar-refractivity contribution in [1.29, 1.82) is 0 Å². The van der Waals surface area contributed by atoms with Crippen molar-refractivity contribution < 1.29 is 18.7 Å². The van der Waals surface area contributed by atoms with Gasteiger partial charge in [0, 0.05) is 24.6 Å². The normalized spacial score (nSPS) is 21.1. The second-order valence-corrected chi connectivity index (χ2v) is 4.67. The SMILES string of the molecule is CC(O)C1CCN(C(=O)c2ccc(F)c(F)c2)C1. The minimum Gasteiger partial charge on any atom is -0.393 e. The summed E-state index contributed by atoms with van der Waals surface area (Å²) in [6.07, 6.45) is 0.264. The fourth-order valence-corrected chi connectivity index (χ4v) is 2.18. The fraction of sp³-hybridized carbons (Fsp3) is 0.462. The molecule has 1 N–H and O–H groups in total. The Morgan fingerprint density at radius 3 is 2.72 bits per heavy atom. The molecule has 1 aromatic rings. The minimum atomic E-state index is -1.02. The maximum Gasteiger partial charge on any atom is 0.253 e. The van der Waals surface area contributed by atoms with Gasteiger partial charge in [0.25, 0.3) is 5.91 Å². The van der Waals surface area contributed by atoms with E-state index in [4.69, 9.17) is 0 Å². The van der Waals surface area contributed by atoms with Crippen molar-refractivity contribution in [1.82, 2.24) is 4.90 Å². The third-order valence-corrected chi connectivity index (χ3v) is 3.36. The average molecular weight is 255 g/mol. The molecule has 0 aliphatic carbocycles. The first-order chi connectivity index (χ1) is 8.49. The zero-order valence-corrected chi connectivity index (χ0v) is 10.1. The second-order valence-electron chi connectivity index (χ2n) is 4.67. The van der Waals surface area contributed by atoms with E-state index in [9.17, 15) is 18.7 Å². The predicted molar refractivity (Wildman–Crippen MR) is 62.0 cm³/mol. The van der Waals surface area contributed by atoms with Crippen molar-refractivity contribution in [3.05, 3.63) is 35.4 Å². The van der Waals surface area contributed by atoms with Gasteiger partial charge in [0.05, 0.1) is 6.10 Å². The lowest BCUT2D eigenvalue weighted by Crippen LogP contribution is -2.30. The number of carbonyl (C=O) groups is 1. The minimum absolute atomic E-state index is 0.0549. The summed E-state index contributed by atoms with van der Waals surface area (Å²) in [5.41, 5.74) is 0.139. The van der Waals surface area contributed by atoms with Gasteiger partial charge in [-0.05, 0) is 31.5 Å². The van der Waals surface area contributed by atoms with Gasteiger partial charge < -0.3 is 10.0 Å². The fourth-order valence-electron chi connectivity index (χ4n) is 2.18. The number of hydrogen-bond acceptors (Lipinski definition) is 2. The lowest BCUT2D eigenvalue weighted by Gasteiger charge is -2.17. The van der Waals surface area contributed by atoms with E-state index in [1.54, 1.807) is 11.8 Å². The molecule has 0 saturated carbocycles. The van der Waals surface area contributed by atoms with Crippen LogP contribution in [0.2, 0.25) is 0 Å². The molecule has 0 radical (unpaired) electrons. The van der Waals surface area contributed by atoms with Gasteiger partial charge in [-0.15, -0.1) is 0 Å². The van der Waals surface area contributed by atoms with E-state index in [1.807, 2.05) is 0 Å². The quantitative estimate of drug-likeness (QED) is 0.875. The zero-order chi connectivity index (χ0) is 13.3. The van der Waals surface area contributed by atoms with Crippen LogP contribution in [0.4, 0.5) is 8.78 Å². The number of benzene rings is 1. The van der Waals surface area contributed by atoms with Gasteiger partial charge in [-0.2, -0.15) is 0 Å². The van der Waals surface area contributed by atoms with Crippen LogP contribution in [0, 0.1) is 17.6 Å². The molecule has 1 heterocycles. The van der Waals surface area contributed by atoms with E-state index in [1.165, 1.54) is 6.07 Å². The van der Waals surface area contributed by atoms with Crippen molar-refractivity contribution in [3.63, 3.8) is 0 Å². The van der Waals surface area contributed by atoms with Crippen molar-refractivity contribution in [3.8, 4) is 0 Å². The summed E-state index contributed by atoms with van der Waals surface area (Å²) in [6.45, 7) is 2.68. The van der Waals surface area contributed by atoms with Crippen molar-refractivity contribution >= 4 is 5.91 Å². The molecule has 18 heavy (non-hydrogen) atoms. The molecule has 1 amide bonds. The Balaban J connectivity index is 2.10. The molecule has 0 spiro atoms. The standard InChI is InChI=1S/C13H15F2NO2/c1-8(17)10-4-5-16(7-10)13(18)9-2-3-11(14)12(15)6-9/h2-3,6,8,10,17H,4-5,7H2,1H3. The highest BCUT2D eigenvalue weighted by atomic mass is 19.2. The molecule has 98 valence electrons. The topological polar surface area (TPSA) is 40.5 Å². The lowest BCUT2D eigenvalue weighted by atomic mass is 10.0. The number of aliphatic hydroxyl groups is 1. The van der Waals surface area contributed by atoms with Gasteiger partial charge in [-0.25, -0.2) is 8.78 Å². The molecule has 1 fully saturated rings. The molecule has 3 nitrogen and oxygen atoms in total. The molecular weight excluding hydrogens is 240 g/mol. The van der Waals surface area contributed by atoms with Crippen molar-refractivity contribution in [2.45, 2.75) is 19.4 Å². The summed E-state index contributed by atoms with van der Waals surface area (Å²) < 4.78 is 25.8. The molecule has 0 aromatic heterocycles. The van der Waals surface area contributed by atoms with Crippen LogP contribution in [0.5, 0.6) is 0 Å². The first kappa shape index (κ1) is 13.0. The van der Waals surface area contributed by atoms with Gasteiger partial charge in [0.1, 0.15) is 0 Å². The van der Waals surface area contributed by atoms with Crippen LogP contribution in [-0.4, -0.2) is 35.1 Å². The van der Waals surface area contributed by atoms with Crippen LogP contribution in [0.3, 0.4) is 0 Å². The zero-order valence-electron chi connectivity index (χ0n) is 10.1. The van der Waals surface area contributed by atoms with Crippen LogP contribution < -0.4 is 0 Å². The Labute approximate surface area is 104 Å². The smallest absolute Gasteiger partial charge is 0.253 e. The van der Waals surface area contributed by atoms with E-state index in [-0.39, 0.29) is 17.4 Å². The Hall–Kier alpha value is -1.49. The maximum absolute atomic E-state index is 13.0. The molecule has 2 unspecified atom stereocenters. The highest BCUT2D eigenvalue weighted by Crippen LogP contribution is 2.22. The van der Waals surface area contributed by atoms with Crippen LogP contribution in [0.15, 0.2) is 18.2 Å². The number of halogens is 2. The Bertz CT molecular complexity index is 462. The molecule has 5 heteroatoms. The van der Waals surface area contributed by atoms with Crippen molar-refractivity contribution in [2.75, 3.05) is 13.1 Å². The number of rotatable bonds is 2. The number of amides is 1. The third-order valence-electron chi connectivity index (χ3n) is 3.36. The van der Waals surface area contributed by atoms with E-state index in [2.05, 4.69) is 0 Å².